The van der Waals surface area contributed by atoms with Crippen molar-refractivity contribution < 1.29 is 9.47 Å². The Morgan fingerprint density at radius 1 is 1.12 bits per heavy atom. The summed E-state index contributed by atoms with van der Waals surface area (Å²) in [6.45, 7) is 2.50. The Kier molecular flexibility index (Phi) is 3.55. The maximum absolute atomic E-state index is 5.31. The fourth-order valence-electron chi connectivity index (χ4n) is 1.47. The Morgan fingerprint density at radius 2 is 1.88 bits per heavy atom. The number of rotatable bonds is 4. The van der Waals surface area contributed by atoms with Crippen LogP contribution in [0.25, 0.3) is 11.3 Å². The lowest BCUT2D eigenvalue weighted by Gasteiger charge is -2.05. The van der Waals surface area contributed by atoms with Crippen LogP contribution in [0, 0.1) is 0 Å². The molecule has 17 heavy (non-hydrogen) atoms. The largest absolute Gasteiger partial charge is 0.497 e. The number of ether oxygens (including phenoxy) is 2. The molecular weight excluding hydrogens is 216 g/mol. The Balaban J connectivity index is 2.28. The van der Waals surface area contributed by atoms with E-state index in [0.717, 1.165) is 17.0 Å². The van der Waals surface area contributed by atoms with E-state index in [9.17, 15) is 0 Å². The lowest BCUT2D eigenvalue weighted by Crippen LogP contribution is -1.96. The monoisotopic (exact) mass is 230 g/mol. The molecule has 4 heteroatoms. The van der Waals surface area contributed by atoms with Crippen molar-refractivity contribution in [2.75, 3.05) is 13.7 Å². The normalized spacial score (nSPS) is 10.0. The molecule has 1 aromatic carbocycles. The Hall–Kier alpha value is -2.10. The quantitative estimate of drug-likeness (QED) is 0.809. The number of hydrogen-bond donors (Lipinski definition) is 0. The molecule has 1 aromatic heterocycles. The summed E-state index contributed by atoms with van der Waals surface area (Å²) in [6.07, 6.45) is 3.32. The molecule has 2 rings (SSSR count). The predicted molar refractivity (Wildman–Crippen MR) is 65.2 cm³/mol. The minimum atomic E-state index is 0.542. The molecule has 0 aliphatic carbocycles. The van der Waals surface area contributed by atoms with Gasteiger partial charge in [-0.1, -0.05) is 0 Å². The van der Waals surface area contributed by atoms with Crippen molar-refractivity contribution in [3.63, 3.8) is 0 Å². The van der Waals surface area contributed by atoms with Crippen LogP contribution in [0.3, 0.4) is 0 Å². The Bertz CT molecular complexity index is 483. The zero-order chi connectivity index (χ0) is 12.1. The van der Waals surface area contributed by atoms with Gasteiger partial charge < -0.3 is 9.47 Å². The van der Waals surface area contributed by atoms with Gasteiger partial charge in [0.15, 0.2) is 0 Å². The smallest absolute Gasteiger partial charge is 0.232 e. The zero-order valence-corrected chi connectivity index (χ0v) is 9.88. The number of benzene rings is 1. The fourth-order valence-corrected chi connectivity index (χ4v) is 1.47. The first-order valence-electron chi connectivity index (χ1n) is 5.42. The van der Waals surface area contributed by atoms with Gasteiger partial charge in [-0.25, -0.2) is 4.98 Å². The average Bonchev–Trinajstić information content (AvgIpc) is 2.40. The fraction of sp³-hybridized carbons (Fsp3) is 0.231. The van der Waals surface area contributed by atoms with Crippen LogP contribution in [0.1, 0.15) is 6.92 Å². The molecule has 0 amide bonds. The molecule has 0 radical (unpaired) electrons. The summed E-state index contributed by atoms with van der Waals surface area (Å²) in [7, 11) is 1.64. The summed E-state index contributed by atoms with van der Waals surface area (Å²) in [4.78, 5) is 8.47. The van der Waals surface area contributed by atoms with Crippen molar-refractivity contribution in [2.45, 2.75) is 6.92 Å². The third-order valence-corrected chi connectivity index (χ3v) is 2.29. The highest BCUT2D eigenvalue weighted by atomic mass is 16.5. The number of aromatic nitrogens is 2. The standard InChI is InChI=1S/C13H14N2O2/c1-3-17-13-9-14-8-12(15-13)10-4-6-11(16-2)7-5-10/h4-9H,3H2,1-2H3. The van der Waals surface area contributed by atoms with E-state index in [1.807, 2.05) is 31.2 Å². The SMILES string of the molecule is CCOc1cncc(-c2ccc(OC)cc2)n1. The maximum atomic E-state index is 5.31. The van der Waals surface area contributed by atoms with Gasteiger partial charge >= 0.3 is 0 Å². The van der Waals surface area contributed by atoms with Crippen LogP contribution < -0.4 is 9.47 Å². The van der Waals surface area contributed by atoms with E-state index in [2.05, 4.69) is 9.97 Å². The van der Waals surface area contributed by atoms with E-state index in [0.29, 0.717) is 12.5 Å². The van der Waals surface area contributed by atoms with Crippen molar-refractivity contribution in [1.82, 2.24) is 9.97 Å². The second-order valence-corrected chi connectivity index (χ2v) is 3.40. The van der Waals surface area contributed by atoms with Gasteiger partial charge in [-0.3, -0.25) is 4.98 Å². The van der Waals surface area contributed by atoms with Crippen molar-refractivity contribution in [1.29, 1.82) is 0 Å². The van der Waals surface area contributed by atoms with Gasteiger partial charge in [0.1, 0.15) is 5.75 Å². The van der Waals surface area contributed by atoms with Gasteiger partial charge in [-0.15, -0.1) is 0 Å². The molecule has 0 unspecified atom stereocenters. The van der Waals surface area contributed by atoms with E-state index in [4.69, 9.17) is 9.47 Å². The average molecular weight is 230 g/mol. The second kappa shape index (κ2) is 5.30. The molecule has 0 fully saturated rings. The lowest BCUT2D eigenvalue weighted by molar-refractivity contribution is 0.325. The highest BCUT2D eigenvalue weighted by molar-refractivity contribution is 5.59. The first kappa shape index (κ1) is 11.4. The van der Waals surface area contributed by atoms with Gasteiger partial charge in [0.2, 0.25) is 5.88 Å². The second-order valence-electron chi connectivity index (χ2n) is 3.40. The summed E-state index contributed by atoms with van der Waals surface area (Å²) in [5, 5.41) is 0. The number of methoxy groups -OCH3 is 1. The molecule has 0 spiro atoms. The van der Waals surface area contributed by atoms with Gasteiger partial charge in [0.25, 0.3) is 0 Å². The summed E-state index contributed by atoms with van der Waals surface area (Å²) >= 11 is 0. The molecule has 1 heterocycles. The lowest BCUT2D eigenvalue weighted by atomic mass is 10.1. The van der Waals surface area contributed by atoms with Crippen LogP contribution in [-0.2, 0) is 0 Å². The van der Waals surface area contributed by atoms with Crippen LogP contribution in [0.4, 0.5) is 0 Å². The highest BCUT2D eigenvalue weighted by Crippen LogP contribution is 2.21. The van der Waals surface area contributed by atoms with Gasteiger partial charge in [0, 0.05) is 5.56 Å². The van der Waals surface area contributed by atoms with Crippen molar-refractivity contribution in [3.05, 3.63) is 36.7 Å². The van der Waals surface area contributed by atoms with Gasteiger partial charge in [-0.2, -0.15) is 0 Å². The molecule has 0 bridgehead atoms. The minimum absolute atomic E-state index is 0.542. The molecule has 2 aromatic rings. The van der Waals surface area contributed by atoms with Crippen molar-refractivity contribution >= 4 is 0 Å². The third kappa shape index (κ3) is 2.72. The molecule has 88 valence electrons. The first-order chi connectivity index (χ1) is 8.33. The zero-order valence-electron chi connectivity index (χ0n) is 9.88. The molecule has 0 N–H and O–H groups in total. The van der Waals surface area contributed by atoms with E-state index in [1.54, 1.807) is 19.5 Å². The molecule has 0 saturated carbocycles. The van der Waals surface area contributed by atoms with E-state index in [1.165, 1.54) is 0 Å². The molecule has 0 aliphatic heterocycles. The molecular formula is C13H14N2O2. The van der Waals surface area contributed by atoms with E-state index >= 15 is 0 Å². The van der Waals surface area contributed by atoms with Crippen LogP contribution in [0.2, 0.25) is 0 Å². The first-order valence-corrected chi connectivity index (χ1v) is 5.42. The molecule has 0 saturated heterocycles. The van der Waals surface area contributed by atoms with Crippen molar-refractivity contribution in [2.24, 2.45) is 0 Å². The summed E-state index contributed by atoms with van der Waals surface area (Å²) in [5.74, 6) is 1.36. The van der Waals surface area contributed by atoms with Crippen LogP contribution >= 0.6 is 0 Å². The number of nitrogens with zero attached hydrogens (tertiary/aromatic N) is 2. The molecule has 0 aliphatic rings. The maximum Gasteiger partial charge on any atom is 0.232 e. The molecule has 0 atom stereocenters. The predicted octanol–water partition coefficient (Wildman–Crippen LogP) is 2.55. The van der Waals surface area contributed by atoms with Gasteiger partial charge in [-0.05, 0) is 31.2 Å². The summed E-state index contributed by atoms with van der Waals surface area (Å²) in [5.41, 5.74) is 1.78. The number of hydrogen-bond acceptors (Lipinski definition) is 4. The van der Waals surface area contributed by atoms with Crippen LogP contribution in [0.15, 0.2) is 36.7 Å². The van der Waals surface area contributed by atoms with Crippen LogP contribution in [-0.4, -0.2) is 23.7 Å². The summed E-state index contributed by atoms with van der Waals surface area (Å²) in [6, 6.07) is 7.67. The van der Waals surface area contributed by atoms with E-state index in [-0.39, 0.29) is 0 Å². The highest BCUT2D eigenvalue weighted by Gasteiger charge is 2.02. The topological polar surface area (TPSA) is 44.2 Å². The Labute approximate surface area is 100 Å². The Morgan fingerprint density at radius 3 is 2.53 bits per heavy atom. The van der Waals surface area contributed by atoms with Gasteiger partial charge in [0.05, 0.1) is 31.8 Å². The van der Waals surface area contributed by atoms with Crippen molar-refractivity contribution in [3.8, 4) is 22.9 Å². The molecule has 4 nitrogen and oxygen atoms in total. The van der Waals surface area contributed by atoms with E-state index < -0.39 is 0 Å². The van der Waals surface area contributed by atoms with Crippen LogP contribution in [0.5, 0.6) is 11.6 Å². The minimum Gasteiger partial charge on any atom is -0.497 e. The summed E-state index contributed by atoms with van der Waals surface area (Å²) < 4.78 is 10.4. The third-order valence-electron chi connectivity index (χ3n) is 2.29.